The number of nitrogens with one attached hydrogen (secondary N) is 1. The van der Waals surface area contributed by atoms with Crippen LogP contribution in [0.2, 0.25) is 0 Å². The number of benzene rings is 1. The molecule has 0 spiro atoms. The van der Waals surface area contributed by atoms with E-state index in [1.54, 1.807) is 11.0 Å². The first-order chi connectivity index (χ1) is 14.0. The summed E-state index contributed by atoms with van der Waals surface area (Å²) in [6.45, 7) is 2.77. The van der Waals surface area contributed by atoms with E-state index in [2.05, 4.69) is 5.32 Å². The zero-order valence-electron chi connectivity index (χ0n) is 17.2. The molecule has 6 nitrogen and oxygen atoms in total. The van der Waals surface area contributed by atoms with Gasteiger partial charge in [-0.15, -0.1) is 12.4 Å². The molecule has 1 aliphatic carbocycles. The molecular formula is C22H31ClFN3O3. The quantitative estimate of drug-likeness (QED) is 0.735. The molecule has 30 heavy (non-hydrogen) atoms. The maximum absolute atomic E-state index is 15.2. The molecule has 2 amide bonds. The Morgan fingerprint density at radius 3 is 2.60 bits per heavy atom. The number of aliphatic carboxylic acids is 1. The first-order valence-electron chi connectivity index (χ1n) is 10.9. The molecule has 1 saturated carbocycles. The summed E-state index contributed by atoms with van der Waals surface area (Å²) in [6.07, 6.45) is 6.14. The Labute approximate surface area is 183 Å². The summed E-state index contributed by atoms with van der Waals surface area (Å²) in [6, 6.07) is 3.83. The van der Waals surface area contributed by atoms with Crippen LogP contribution in [0, 0.1) is 11.7 Å². The van der Waals surface area contributed by atoms with E-state index in [1.807, 2.05) is 11.0 Å². The van der Waals surface area contributed by atoms with Crippen LogP contribution < -0.4 is 10.2 Å². The van der Waals surface area contributed by atoms with Crippen LogP contribution in [0.3, 0.4) is 0 Å². The average molecular weight is 440 g/mol. The predicted molar refractivity (Wildman–Crippen MR) is 116 cm³/mol. The van der Waals surface area contributed by atoms with Crippen LogP contribution in [0.5, 0.6) is 0 Å². The number of carboxylic acids is 1. The minimum Gasteiger partial charge on any atom is -0.481 e. The van der Waals surface area contributed by atoms with Gasteiger partial charge in [0.25, 0.3) is 0 Å². The number of carbonyl (C=O) groups is 2. The summed E-state index contributed by atoms with van der Waals surface area (Å²) in [5.41, 5.74) is 2.20. The lowest BCUT2D eigenvalue weighted by molar-refractivity contribution is -0.137. The number of hydrogen-bond donors (Lipinski definition) is 2. The third kappa shape index (κ3) is 4.72. The summed E-state index contributed by atoms with van der Waals surface area (Å²) in [5, 5.41) is 12.2. The molecule has 1 aromatic carbocycles. The predicted octanol–water partition coefficient (Wildman–Crippen LogP) is 3.60. The molecule has 3 aliphatic rings. The second-order valence-electron chi connectivity index (χ2n) is 8.52. The first kappa shape index (κ1) is 22.8. The highest BCUT2D eigenvalue weighted by Crippen LogP contribution is 2.34. The van der Waals surface area contributed by atoms with Gasteiger partial charge in [-0.25, -0.2) is 9.18 Å². The molecule has 1 aromatic rings. The monoisotopic (exact) mass is 439 g/mol. The van der Waals surface area contributed by atoms with Crippen LogP contribution in [0.4, 0.5) is 14.9 Å². The van der Waals surface area contributed by atoms with Gasteiger partial charge in [0.2, 0.25) is 0 Å². The summed E-state index contributed by atoms with van der Waals surface area (Å²) >= 11 is 0. The maximum atomic E-state index is 15.2. The van der Waals surface area contributed by atoms with Gasteiger partial charge in [-0.3, -0.25) is 9.69 Å². The summed E-state index contributed by atoms with van der Waals surface area (Å²) in [7, 11) is 0. The average Bonchev–Trinajstić information content (AvgIpc) is 2.93. The van der Waals surface area contributed by atoms with Crippen molar-refractivity contribution >= 4 is 30.1 Å². The van der Waals surface area contributed by atoms with Crippen molar-refractivity contribution in [2.45, 2.75) is 57.4 Å². The van der Waals surface area contributed by atoms with Crippen molar-refractivity contribution in [3.63, 3.8) is 0 Å². The normalized spacial score (nSPS) is 24.2. The van der Waals surface area contributed by atoms with Gasteiger partial charge in [-0.05, 0) is 81.1 Å². The fraction of sp³-hybridized carbons (Fsp3) is 0.636. The Morgan fingerprint density at radius 1 is 1.13 bits per heavy atom. The second-order valence-corrected chi connectivity index (χ2v) is 8.52. The number of halogens is 2. The highest BCUT2D eigenvalue weighted by atomic mass is 35.5. The zero-order valence-corrected chi connectivity index (χ0v) is 18.1. The number of urea groups is 1. The minimum absolute atomic E-state index is 0. The lowest BCUT2D eigenvalue weighted by Gasteiger charge is -2.34. The van der Waals surface area contributed by atoms with Gasteiger partial charge >= 0.3 is 12.0 Å². The molecule has 2 N–H and O–H groups in total. The van der Waals surface area contributed by atoms with E-state index >= 15 is 4.39 Å². The second kappa shape index (κ2) is 9.96. The Balaban J connectivity index is 0.00000256. The van der Waals surface area contributed by atoms with E-state index < -0.39 is 5.97 Å². The van der Waals surface area contributed by atoms with E-state index in [4.69, 9.17) is 5.11 Å². The van der Waals surface area contributed by atoms with E-state index in [0.29, 0.717) is 31.1 Å². The third-order valence-electron chi connectivity index (χ3n) is 6.80. The van der Waals surface area contributed by atoms with Crippen LogP contribution in [-0.2, 0) is 17.6 Å². The van der Waals surface area contributed by atoms with E-state index in [-0.39, 0.29) is 36.7 Å². The lowest BCUT2D eigenvalue weighted by Crippen LogP contribution is -2.41. The molecule has 0 atom stereocenters. The molecule has 0 radical (unpaired) electrons. The smallest absolute Gasteiger partial charge is 0.324 e. The van der Waals surface area contributed by atoms with Crippen molar-refractivity contribution in [1.29, 1.82) is 0 Å². The lowest BCUT2D eigenvalue weighted by atomic mass is 9.83. The molecule has 2 aliphatic heterocycles. The SMILES string of the molecule is Cl.O=C(O)CC[C@H]1CC[C@H](N2CCN(c3ccc4c(c3F)CCNCC4)C2=O)CC1. The Kier molecular flexibility index (Phi) is 7.58. The third-order valence-corrected chi connectivity index (χ3v) is 6.80. The number of carboxylic acid groups (broad SMARTS) is 1. The van der Waals surface area contributed by atoms with Crippen LogP contribution in [0.15, 0.2) is 12.1 Å². The van der Waals surface area contributed by atoms with E-state index in [1.165, 1.54) is 0 Å². The molecule has 2 fully saturated rings. The Morgan fingerprint density at radius 2 is 1.87 bits per heavy atom. The van der Waals surface area contributed by atoms with Crippen molar-refractivity contribution in [1.82, 2.24) is 10.2 Å². The van der Waals surface area contributed by atoms with Gasteiger partial charge in [0, 0.05) is 25.6 Å². The topological polar surface area (TPSA) is 72.9 Å². The highest BCUT2D eigenvalue weighted by molar-refractivity contribution is 5.94. The summed E-state index contributed by atoms with van der Waals surface area (Å²) < 4.78 is 15.2. The van der Waals surface area contributed by atoms with Gasteiger partial charge in [0.1, 0.15) is 5.82 Å². The molecule has 4 rings (SSSR count). The number of rotatable bonds is 5. The number of nitrogens with zero attached hydrogens (tertiary/aromatic N) is 2. The molecule has 0 unspecified atom stereocenters. The number of hydrogen-bond acceptors (Lipinski definition) is 3. The van der Waals surface area contributed by atoms with Gasteiger partial charge in [0.05, 0.1) is 5.69 Å². The highest BCUT2D eigenvalue weighted by Gasteiger charge is 2.37. The molecule has 8 heteroatoms. The maximum Gasteiger partial charge on any atom is 0.324 e. The van der Waals surface area contributed by atoms with Crippen LogP contribution in [0.1, 0.15) is 49.7 Å². The van der Waals surface area contributed by atoms with E-state index in [0.717, 1.165) is 62.7 Å². The largest absolute Gasteiger partial charge is 0.481 e. The fourth-order valence-electron chi connectivity index (χ4n) is 5.11. The van der Waals surface area contributed by atoms with Crippen molar-refractivity contribution in [2.75, 3.05) is 31.1 Å². The number of fused-ring (bicyclic) bond motifs is 1. The number of amides is 2. The number of carbonyl (C=O) groups excluding carboxylic acids is 1. The van der Waals surface area contributed by atoms with Gasteiger partial charge in [0.15, 0.2) is 0 Å². The molecule has 0 bridgehead atoms. The van der Waals surface area contributed by atoms with Crippen molar-refractivity contribution < 1.29 is 19.1 Å². The summed E-state index contributed by atoms with van der Waals surface area (Å²) in [5.74, 6) is -0.540. The fourth-order valence-corrected chi connectivity index (χ4v) is 5.11. The van der Waals surface area contributed by atoms with Crippen LogP contribution in [0.25, 0.3) is 0 Å². The minimum atomic E-state index is -0.740. The van der Waals surface area contributed by atoms with E-state index in [9.17, 15) is 9.59 Å². The van der Waals surface area contributed by atoms with Crippen LogP contribution >= 0.6 is 12.4 Å². The Bertz CT molecular complexity index is 783. The molecule has 166 valence electrons. The molecule has 0 aromatic heterocycles. The number of anilines is 1. The van der Waals surface area contributed by atoms with Gasteiger partial charge in [-0.1, -0.05) is 6.07 Å². The van der Waals surface area contributed by atoms with Crippen molar-refractivity contribution in [3.05, 3.63) is 29.1 Å². The van der Waals surface area contributed by atoms with Crippen molar-refractivity contribution in [3.8, 4) is 0 Å². The standard InChI is InChI=1S/C22H30FN3O3.ClH/c23-21-18-10-12-24-11-9-16(18)4-7-19(21)26-14-13-25(22(26)29)17-5-1-15(2-6-17)3-8-20(27)28;/h4,7,15,17,24H,1-3,5-6,8-14H2,(H,27,28);1H/t15-,17-;. The molecule has 2 heterocycles. The van der Waals surface area contributed by atoms with Gasteiger partial charge < -0.3 is 15.3 Å². The summed E-state index contributed by atoms with van der Waals surface area (Å²) in [4.78, 5) is 27.4. The molecule has 1 saturated heterocycles. The first-order valence-corrected chi connectivity index (χ1v) is 10.9. The van der Waals surface area contributed by atoms with Crippen molar-refractivity contribution in [2.24, 2.45) is 5.92 Å². The zero-order chi connectivity index (χ0) is 20.4. The van der Waals surface area contributed by atoms with Gasteiger partial charge in [-0.2, -0.15) is 0 Å². The molecular weight excluding hydrogens is 409 g/mol. The van der Waals surface area contributed by atoms with Crippen LogP contribution in [-0.4, -0.2) is 54.2 Å². The Hall–Kier alpha value is -1.86.